The maximum Gasteiger partial charge on any atom is 0.229 e. The molecule has 24 heavy (non-hydrogen) atoms. The van der Waals surface area contributed by atoms with Crippen molar-refractivity contribution in [1.29, 1.82) is 10.5 Å². The van der Waals surface area contributed by atoms with Crippen LogP contribution in [0.2, 0.25) is 0 Å². The van der Waals surface area contributed by atoms with E-state index in [1.165, 1.54) is 9.80 Å². The van der Waals surface area contributed by atoms with Gasteiger partial charge in [0.25, 0.3) is 0 Å². The first-order valence-corrected chi connectivity index (χ1v) is 7.67. The first kappa shape index (κ1) is 17.3. The number of hydrogen-bond acceptors (Lipinski definition) is 5. The maximum atomic E-state index is 12.5. The van der Waals surface area contributed by atoms with E-state index in [0.717, 1.165) is 0 Å². The summed E-state index contributed by atoms with van der Waals surface area (Å²) >= 11 is 0. The number of amides is 2. The molecule has 0 radical (unpaired) electrons. The van der Waals surface area contributed by atoms with Crippen molar-refractivity contribution in [2.45, 2.75) is 13.3 Å². The van der Waals surface area contributed by atoms with E-state index in [0.29, 0.717) is 18.0 Å². The minimum Gasteiger partial charge on any atom is -0.492 e. The summed E-state index contributed by atoms with van der Waals surface area (Å²) in [5, 5.41) is 17.6. The predicted molar refractivity (Wildman–Crippen MR) is 85.9 cm³/mol. The van der Waals surface area contributed by atoms with Crippen molar-refractivity contribution >= 4 is 17.5 Å². The van der Waals surface area contributed by atoms with Crippen molar-refractivity contribution < 1.29 is 14.3 Å². The number of rotatable bonds is 6. The van der Waals surface area contributed by atoms with Crippen LogP contribution in [0.1, 0.15) is 13.3 Å². The predicted octanol–water partition coefficient (Wildman–Crippen LogP) is 1.31. The van der Waals surface area contributed by atoms with E-state index >= 15 is 0 Å². The number of hydrogen-bond donors (Lipinski definition) is 0. The van der Waals surface area contributed by atoms with Crippen molar-refractivity contribution in [2.75, 3.05) is 31.1 Å². The first-order chi connectivity index (χ1) is 11.6. The highest BCUT2D eigenvalue weighted by molar-refractivity contribution is 6.01. The Morgan fingerprint density at radius 2 is 2.00 bits per heavy atom. The standard InChI is InChI=1S/C17H18N4O3/c1-2-24-15-6-4-3-5-14(15)21-12-13(11-16(21)22)17(23)20(9-7-18)10-8-19/h3-6,13H,2,9-12H2,1H3. The number of nitrogens with zero attached hydrogens (tertiary/aromatic N) is 4. The molecule has 7 heteroatoms. The molecule has 1 atom stereocenters. The molecule has 1 saturated heterocycles. The molecule has 0 N–H and O–H groups in total. The van der Waals surface area contributed by atoms with Crippen LogP contribution in [-0.4, -0.2) is 43.0 Å². The van der Waals surface area contributed by atoms with Crippen LogP contribution in [-0.2, 0) is 9.59 Å². The van der Waals surface area contributed by atoms with E-state index in [4.69, 9.17) is 15.3 Å². The molecule has 1 fully saturated rings. The smallest absolute Gasteiger partial charge is 0.229 e. The second-order valence-electron chi connectivity index (χ2n) is 5.32. The second-order valence-corrected chi connectivity index (χ2v) is 5.32. The highest BCUT2D eigenvalue weighted by atomic mass is 16.5. The maximum absolute atomic E-state index is 12.5. The number of anilines is 1. The Labute approximate surface area is 140 Å². The van der Waals surface area contributed by atoms with Crippen LogP contribution < -0.4 is 9.64 Å². The molecule has 2 amide bonds. The summed E-state index contributed by atoms with van der Waals surface area (Å²) in [6.45, 7) is 2.23. The largest absolute Gasteiger partial charge is 0.492 e. The Morgan fingerprint density at radius 1 is 1.33 bits per heavy atom. The SMILES string of the molecule is CCOc1ccccc1N1CC(C(=O)N(CC#N)CC#N)CC1=O. The van der Waals surface area contributed by atoms with Gasteiger partial charge in [0.2, 0.25) is 11.8 Å². The number of para-hydroxylation sites is 2. The van der Waals surface area contributed by atoms with Gasteiger partial charge in [0.1, 0.15) is 18.8 Å². The van der Waals surface area contributed by atoms with Gasteiger partial charge in [-0.1, -0.05) is 12.1 Å². The fourth-order valence-electron chi connectivity index (χ4n) is 2.70. The minimum absolute atomic E-state index is 0.0622. The average Bonchev–Trinajstić information content (AvgIpc) is 2.96. The molecule has 0 aliphatic carbocycles. The minimum atomic E-state index is -0.561. The van der Waals surface area contributed by atoms with Gasteiger partial charge in [-0.15, -0.1) is 0 Å². The second kappa shape index (κ2) is 7.98. The van der Waals surface area contributed by atoms with Gasteiger partial charge in [-0.2, -0.15) is 10.5 Å². The zero-order valence-electron chi connectivity index (χ0n) is 13.4. The van der Waals surface area contributed by atoms with Crippen molar-refractivity contribution in [3.05, 3.63) is 24.3 Å². The Balaban J connectivity index is 2.18. The molecular weight excluding hydrogens is 308 g/mol. The van der Waals surface area contributed by atoms with E-state index in [9.17, 15) is 9.59 Å². The summed E-state index contributed by atoms with van der Waals surface area (Å²) in [5.41, 5.74) is 0.631. The summed E-state index contributed by atoms with van der Waals surface area (Å²) in [7, 11) is 0. The topological polar surface area (TPSA) is 97.4 Å². The van der Waals surface area contributed by atoms with Crippen molar-refractivity contribution in [3.8, 4) is 17.9 Å². The summed E-state index contributed by atoms with van der Waals surface area (Å²) < 4.78 is 5.54. The molecular formula is C17H18N4O3. The number of benzene rings is 1. The third kappa shape index (κ3) is 3.64. The zero-order chi connectivity index (χ0) is 17.5. The van der Waals surface area contributed by atoms with Gasteiger partial charge in [0.05, 0.1) is 30.4 Å². The van der Waals surface area contributed by atoms with Crippen LogP contribution in [0.3, 0.4) is 0 Å². The molecule has 1 aromatic carbocycles. The Kier molecular flexibility index (Phi) is 5.75. The van der Waals surface area contributed by atoms with Crippen LogP contribution in [0, 0.1) is 28.6 Å². The van der Waals surface area contributed by atoms with E-state index < -0.39 is 5.92 Å². The Hall–Kier alpha value is -3.06. The zero-order valence-corrected chi connectivity index (χ0v) is 13.4. The Morgan fingerprint density at radius 3 is 2.62 bits per heavy atom. The number of ether oxygens (including phenoxy) is 1. The highest BCUT2D eigenvalue weighted by Crippen LogP contribution is 2.33. The van der Waals surface area contributed by atoms with Crippen molar-refractivity contribution in [2.24, 2.45) is 5.92 Å². The quantitative estimate of drug-likeness (QED) is 0.734. The van der Waals surface area contributed by atoms with E-state index in [1.54, 1.807) is 18.2 Å². The summed E-state index contributed by atoms with van der Waals surface area (Å²) in [4.78, 5) is 27.5. The first-order valence-electron chi connectivity index (χ1n) is 7.67. The van der Waals surface area contributed by atoms with Crippen LogP contribution in [0.4, 0.5) is 5.69 Å². The average molecular weight is 326 g/mol. The van der Waals surface area contributed by atoms with E-state index in [1.807, 2.05) is 25.1 Å². The Bertz CT molecular complexity index is 689. The molecule has 1 unspecified atom stereocenters. The monoisotopic (exact) mass is 326 g/mol. The molecule has 0 aromatic heterocycles. The van der Waals surface area contributed by atoms with Gasteiger partial charge in [0.15, 0.2) is 0 Å². The van der Waals surface area contributed by atoms with Gasteiger partial charge >= 0.3 is 0 Å². The summed E-state index contributed by atoms with van der Waals surface area (Å²) in [6, 6.07) is 10.9. The van der Waals surface area contributed by atoms with Crippen LogP contribution >= 0.6 is 0 Å². The lowest BCUT2D eigenvalue weighted by molar-refractivity contribution is -0.134. The molecule has 1 heterocycles. The van der Waals surface area contributed by atoms with Crippen LogP contribution in [0.5, 0.6) is 5.75 Å². The molecule has 0 spiro atoms. The van der Waals surface area contributed by atoms with Gasteiger partial charge in [-0.25, -0.2) is 0 Å². The molecule has 1 aromatic rings. The lowest BCUT2D eigenvalue weighted by Gasteiger charge is -2.22. The normalized spacial score (nSPS) is 16.4. The van der Waals surface area contributed by atoms with Gasteiger partial charge in [-0.3, -0.25) is 9.59 Å². The van der Waals surface area contributed by atoms with Gasteiger partial charge < -0.3 is 14.5 Å². The lowest BCUT2D eigenvalue weighted by Crippen LogP contribution is -2.38. The summed E-state index contributed by atoms with van der Waals surface area (Å²) in [5.74, 6) is -0.488. The molecule has 2 rings (SSSR count). The highest BCUT2D eigenvalue weighted by Gasteiger charge is 2.38. The lowest BCUT2D eigenvalue weighted by atomic mass is 10.1. The van der Waals surface area contributed by atoms with Crippen molar-refractivity contribution in [3.63, 3.8) is 0 Å². The molecule has 7 nitrogen and oxygen atoms in total. The number of nitriles is 2. The third-order valence-corrected chi connectivity index (χ3v) is 3.76. The van der Waals surface area contributed by atoms with Crippen LogP contribution in [0.25, 0.3) is 0 Å². The number of carbonyl (C=O) groups excluding carboxylic acids is 2. The molecule has 1 aliphatic heterocycles. The van der Waals surface area contributed by atoms with Gasteiger partial charge in [0, 0.05) is 13.0 Å². The molecule has 124 valence electrons. The van der Waals surface area contributed by atoms with Crippen LogP contribution in [0.15, 0.2) is 24.3 Å². The van der Waals surface area contributed by atoms with Crippen molar-refractivity contribution in [1.82, 2.24) is 4.90 Å². The van der Waals surface area contributed by atoms with Gasteiger partial charge in [-0.05, 0) is 19.1 Å². The molecule has 0 bridgehead atoms. The fraction of sp³-hybridized carbons (Fsp3) is 0.412. The fourth-order valence-corrected chi connectivity index (χ4v) is 2.70. The molecule has 1 aliphatic rings. The summed E-state index contributed by atoms with van der Waals surface area (Å²) in [6.07, 6.45) is 0.0622. The van der Waals surface area contributed by atoms with E-state index in [-0.39, 0.29) is 37.9 Å². The third-order valence-electron chi connectivity index (χ3n) is 3.76. The molecule has 0 saturated carbocycles. The number of carbonyl (C=O) groups is 2. The van der Waals surface area contributed by atoms with E-state index in [2.05, 4.69) is 0 Å².